The summed E-state index contributed by atoms with van der Waals surface area (Å²) in [6.07, 6.45) is 1.33. The second kappa shape index (κ2) is 2.76. The van der Waals surface area contributed by atoms with Crippen molar-refractivity contribution >= 4 is 0 Å². The highest BCUT2D eigenvalue weighted by molar-refractivity contribution is 4.86. The summed E-state index contributed by atoms with van der Waals surface area (Å²) in [5.41, 5.74) is 0. The van der Waals surface area contributed by atoms with Gasteiger partial charge in [-0.05, 0) is 25.3 Å². The van der Waals surface area contributed by atoms with E-state index in [2.05, 4.69) is 18.9 Å². The largest absolute Gasteiger partial charge is 0.379 e. The average Bonchev–Trinajstić information content (AvgIpc) is 2.21. The van der Waals surface area contributed by atoms with Crippen molar-refractivity contribution in [3.8, 4) is 0 Å². The lowest BCUT2D eigenvalue weighted by Crippen LogP contribution is -2.43. The Hall–Kier alpha value is -0.0800. The molecule has 0 spiro atoms. The maximum absolute atomic E-state index is 5.58. The quantitative estimate of drug-likeness (QED) is 0.517. The van der Waals surface area contributed by atoms with E-state index in [1.807, 2.05) is 0 Å². The number of fused-ring (bicyclic) bond motifs is 4. The van der Waals surface area contributed by atoms with Gasteiger partial charge in [-0.1, -0.05) is 6.92 Å². The maximum Gasteiger partial charge on any atom is 0.0621 e. The molecule has 0 N–H and O–H groups in total. The smallest absolute Gasteiger partial charge is 0.0621 e. The van der Waals surface area contributed by atoms with Gasteiger partial charge in [-0.2, -0.15) is 0 Å². The molecule has 3 saturated heterocycles. The van der Waals surface area contributed by atoms with E-state index in [0.29, 0.717) is 6.04 Å². The Labute approximate surface area is 68.5 Å². The highest BCUT2D eigenvalue weighted by atomic mass is 16.5. The maximum atomic E-state index is 5.58. The molecule has 0 aromatic rings. The summed E-state index contributed by atoms with van der Waals surface area (Å²) in [4.78, 5) is 2.46. The summed E-state index contributed by atoms with van der Waals surface area (Å²) in [5.74, 6) is 1.66. The van der Waals surface area contributed by atoms with Crippen LogP contribution in [0.2, 0.25) is 0 Å². The third-order valence-corrected chi connectivity index (χ3v) is 3.24. The fraction of sp³-hybridized carbons (Fsp3) is 1.00. The first kappa shape index (κ1) is 7.56. The van der Waals surface area contributed by atoms with E-state index in [1.165, 1.54) is 13.0 Å². The molecule has 0 saturated carbocycles. The molecular formula is C9H17NO. The normalized spacial score (nSPS) is 45.8. The molecule has 0 aromatic carbocycles. The van der Waals surface area contributed by atoms with Gasteiger partial charge in [0.15, 0.2) is 0 Å². The van der Waals surface area contributed by atoms with Gasteiger partial charge in [0.2, 0.25) is 0 Å². The van der Waals surface area contributed by atoms with Crippen molar-refractivity contribution in [1.29, 1.82) is 0 Å². The Morgan fingerprint density at radius 3 is 3.00 bits per heavy atom. The molecule has 64 valence electrons. The van der Waals surface area contributed by atoms with Crippen molar-refractivity contribution in [2.24, 2.45) is 11.8 Å². The van der Waals surface area contributed by atoms with E-state index in [-0.39, 0.29) is 0 Å². The van der Waals surface area contributed by atoms with Crippen LogP contribution in [0, 0.1) is 11.8 Å². The van der Waals surface area contributed by atoms with Crippen molar-refractivity contribution < 1.29 is 4.74 Å². The van der Waals surface area contributed by atoms with E-state index in [4.69, 9.17) is 4.74 Å². The van der Waals surface area contributed by atoms with Crippen LogP contribution in [-0.2, 0) is 4.74 Å². The Morgan fingerprint density at radius 2 is 2.18 bits per heavy atom. The zero-order valence-corrected chi connectivity index (χ0v) is 7.42. The van der Waals surface area contributed by atoms with Crippen LogP contribution in [0.25, 0.3) is 0 Å². The molecule has 3 aliphatic rings. The molecule has 3 fully saturated rings. The van der Waals surface area contributed by atoms with Gasteiger partial charge in [0.1, 0.15) is 0 Å². The van der Waals surface area contributed by atoms with Gasteiger partial charge >= 0.3 is 0 Å². The predicted molar refractivity (Wildman–Crippen MR) is 44.5 cm³/mol. The van der Waals surface area contributed by atoms with Gasteiger partial charge in [-0.25, -0.2) is 0 Å². The SMILES string of the molecule is CC1CC2COCC1CN2C. The lowest BCUT2D eigenvalue weighted by molar-refractivity contribution is 0.114. The second-order valence-electron chi connectivity index (χ2n) is 4.10. The van der Waals surface area contributed by atoms with Gasteiger partial charge in [-0.15, -0.1) is 0 Å². The number of piperidine rings is 1. The van der Waals surface area contributed by atoms with Crippen LogP contribution in [0.3, 0.4) is 0 Å². The second-order valence-corrected chi connectivity index (χ2v) is 4.10. The highest BCUT2D eigenvalue weighted by Crippen LogP contribution is 2.30. The molecule has 3 rings (SSSR count). The molecule has 2 nitrogen and oxygen atoms in total. The summed E-state index contributed by atoms with van der Waals surface area (Å²) >= 11 is 0. The van der Waals surface area contributed by atoms with Crippen LogP contribution in [0.15, 0.2) is 0 Å². The highest BCUT2D eigenvalue weighted by Gasteiger charge is 2.34. The predicted octanol–water partition coefficient (Wildman–Crippen LogP) is 0.973. The number of hydrogen-bond acceptors (Lipinski definition) is 2. The lowest BCUT2D eigenvalue weighted by Gasteiger charge is -2.36. The summed E-state index contributed by atoms with van der Waals surface area (Å²) < 4.78 is 5.58. The molecule has 11 heavy (non-hydrogen) atoms. The molecule has 0 radical (unpaired) electrons. The van der Waals surface area contributed by atoms with Crippen LogP contribution < -0.4 is 0 Å². The van der Waals surface area contributed by atoms with Gasteiger partial charge in [-0.3, -0.25) is 0 Å². The minimum atomic E-state index is 0.698. The van der Waals surface area contributed by atoms with Gasteiger partial charge < -0.3 is 9.64 Å². The van der Waals surface area contributed by atoms with E-state index < -0.39 is 0 Å². The minimum absolute atomic E-state index is 0.698. The zero-order chi connectivity index (χ0) is 7.84. The summed E-state index contributed by atoms with van der Waals surface area (Å²) in [5, 5.41) is 0. The van der Waals surface area contributed by atoms with Crippen molar-refractivity contribution in [1.82, 2.24) is 4.90 Å². The van der Waals surface area contributed by atoms with Gasteiger partial charge in [0.05, 0.1) is 13.2 Å². The summed E-state index contributed by atoms with van der Waals surface area (Å²) in [7, 11) is 2.22. The third-order valence-electron chi connectivity index (χ3n) is 3.24. The first-order valence-electron chi connectivity index (χ1n) is 4.55. The molecule has 3 atom stereocenters. The van der Waals surface area contributed by atoms with Crippen molar-refractivity contribution in [3.05, 3.63) is 0 Å². The standard InChI is InChI=1S/C9H17NO/c1-7-3-9-6-11-5-8(7)4-10(9)2/h7-9H,3-6H2,1-2H3. The molecule has 3 heterocycles. The number of ether oxygens (including phenoxy) is 1. The number of rotatable bonds is 0. The first-order chi connectivity index (χ1) is 5.27. The van der Waals surface area contributed by atoms with Crippen molar-refractivity contribution in [2.45, 2.75) is 19.4 Å². The molecule has 2 heteroatoms. The molecule has 0 amide bonds. The fourth-order valence-corrected chi connectivity index (χ4v) is 2.27. The number of likely N-dealkylation sites (N-methyl/N-ethyl adjacent to an activating group) is 1. The van der Waals surface area contributed by atoms with Crippen molar-refractivity contribution in [3.63, 3.8) is 0 Å². The summed E-state index contributed by atoms with van der Waals surface area (Å²) in [6.45, 7) is 5.55. The summed E-state index contributed by atoms with van der Waals surface area (Å²) in [6, 6.07) is 0.698. The van der Waals surface area contributed by atoms with Crippen LogP contribution >= 0.6 is 0 Å². The molecule has 3 aliphatic heterocycles. The molecule has 2 bridgehead atoms. The van der Waals surface area contributed by atoms with Crippen LogP contribution in [0.4, 0.5) is 0 Å². The van der Waals surface area contributed by atoms with Gasteiger partial charge in [0, 0.05) is 12.6 Å². The van der Waals surface area contributed by atoms with Crippen molar-refractivity contribution in [2.75, 3.05) is 26.8 Å². The number of hydrogen-bond donors (Lipinski definition) is 0. The molecular weight excluding hydrogens is 138 g/mol. The van der Waals surface area contributed by atoms with Gasteiger partial charge in [0.25, 0.3) is 0 Å². The van der Waals surface area contributed by atoms with E-state index in [1.54, 1.807) is 0 Å². The Kier molecular flexibility index (Phi) is 1.90. The first-order valence-corrected chi connectivity index (χ1v) is 4.55. The van der Waals surface area contributed by atoms with Crippen LogP contribution in [0.1, 0.15) is 13.3 Å². The topological polar surface area (TPSA) is 12.5 Å². The molecule has 3 unspecified atom stereocenters. The third kappa shape index (κ3) is 1.30. The van der Waals surface area contributed by atoms with E-state index in [9.17, 15) is 0 Å². The Balaban J connectivity index is 2.12. The zero-order valence-electron chi connectivity index (χ0n) is 7.42. The fourth-order valence-electron chi connectivity index (χ4n) is 2.27. The molecule has 0 aromatic heterocycles. The number of nitrogens with zero attached hydrogens (tertiary/aromatic N) is 1. The molecule has 0 aliphatic carbocycles. The van der Waals surface area contributed by atoms with Crippen LogP contribution in [0.5, 0.6) is 0 Å². The minimum Gasteiger partial charge on any atom is -0.379 e. The monoisotopic (exact) mass is 155 g/mol. The Morgan fingerprint density at radius 1 is 1.36 bits per heavy atom. The van der Waals surface area contributed by atoms with E-state index in [0.717, 1.165) is 25.0 Å². The lowest BCUT2D eigenvalue weighted by atomic mass is 9.85. The Bertz CT molecular complexity index is 132. The average molecular weight is 155 g/mol. The van der Waals surface area contributed by atoms with Crippen LogP contribution in [-0.4, -0.2) is 37.7 Å². The van der Waals surface area contributed by atoms with E-state index >= 15 is 0 Å².